The molecule has 0 aromatic rings. The molecule has 0 aliphatic rings. The minimum absolute atomic E-state index is 0.283. The molecule has 4 heteroatoms. The smallest absolute Gasteiger partial charge is 0.344 e. The summed E-state index contributed by atoms with van der Waals surface area (Å²) in [5.74, 6) is -1.10. The van der Waals surface area contributed by atoms with Crippen molar-refractivity contribution in [2.45, 2.75) is 13.8 Å². The molecular weight excluding hydrogens is 184 g/mol. The zero-order valence-corrected chi connectivity index (χ0v) is 8.36. The van der Waals surface area contributed by atoms with E-state index < -0.39 is 11.9 Å². The van der Waals surface area contributed by atoms with Crippen molar-refractivity contribution in [1.29, 1.82) is 0 Å². The summed E-state index contributed by atoms with van der Waals surface area (Å²) in [5, 5.41) is 0. The molecule has 0 aliphatic heterocycles. The third kappa shape index (κ3) is 7.09. The number of carbonyl (C=O) groups excluding carboxylic acids is 2. The number of hydrogen-bond donors (Lipinski definition) is 0. The molecule has 0 saturated heterocycles. The van der Waals surface area contributed by atoms with Gasteiger partial charge in [-0.1, -0.05) is 18.2 Å². The van der Waals surface area contributed by atoms with E-state index in [9.17, 15) is 9.59 Å². The molecule has 0 bridgehead atoms. The molecule has 0 atom stereocenters. The van der Waals surface area contributed by atoms with Crippen LogP contribution in [0.1, 0.15) is 13.8 Å². The summed E-state index contributed by atoms with van der Waals surface area (Å²) in [5.41, 5.74) is 0. The molecule has 78 valence electrons. The van der Waals surface area contributed by atoms with Gasteiger partial charge in [0.05, 0.1) is 6.61 Å². The Balaban J connectivity index is 3.68. The Kier molecular flexibility index (Phi) is 7.13. The molecule has 0 amide bonds. The fourth-order valence-corrected chi connectivity index (χ4v) is 0.626. The Bertz CT molecular complexity index is 241. The van der Waals surface area contributed by atoms with Crippen LogP contribution < -0.4 is 0 Å². The van der Waals surface area contributed by atoms with Gasteiger partial charge in [0, 0.05) is 6.08 Å². The molecule has 0 radical (unpaired) electrons. The second kappa shape index (κ2) is 8.04. The van der Waals surface area contributed by atoms with Gasteiger partial charge < -0.3 is 9.47 Å². The van der Waals surface area contributed by atoms with Crippen LogP contribution in [0.4, 0.5) is 0 Å². The summed E-state index contributed by atoms with van der Waals surface area (Å²) in [6.07, 6.45) is 6.23. The van der Waals surface area contributed by atoms with Crippen molar-refractivity contribution in [1.82, 2.24) is 0 Å². The Morgan fingerprint density at radius 2 is 1.93 bits per heavy atom. The molecule has 0 unspecified atom stereocenters. The van der Waals surface area contributed by atoms with Crippen molar-refractivity contribution in [3.8, 4) is 0 Å². The lowest BCUT2D eigenvalue weighted by molar-refractivity contribution is -0.155. The third-order valence-corrected chi connectivity index (χ3v) is 1.17. The first-order valence-electron chi connectivity index (χ1n) is 4.32. The van der Waals surface area contributed by atoms with Gasteiger partial charge in [0.1, 0.15) is 0 Å². The van der Waals surface area contributed by atoms with Gasteiger partial charge in [0.25, 0.3) is 0 Å². The molecule has 0 fully saturated rings. The Morgan fingerprint density at radius 3 is 2.50 bits per heavy atom. The quantitative estimate of drug-likeness (QED) is 0.378. The molecule has 14 heavy (non-hydrogen) atoms. The van der Waals surface area contributed by atoms with Crippen LogP contribution in [0.25, 0.3) is 0 Å². The second-order valence-electron chi connectivity index (χ2n) is 2.30. The SMILES string of the molecule is C/C=C/C=C/C(=O)OCC(=O)OCC. The molecular formula is C10H14O4. The molecule has 4 nitrogen and oxygen atoms in total. The van der Waals surface area contributed by atoms with Gasteiger partial charge in [0.15, 0.2) is 6.61 Å². The van der Waals surface area contributed by atoms with Crippen molar-refractivity contribution in [2.75, 3.05) is 13.2 Å². The van der Waals surface area contributed by atoms with Crippen LogP contribution >= 0.6 is 0 Å². The van der Waals surface area contributed by atoms with E-state index >= 15 is 0 Å². The average molecular weight is 198 g/mol. The number of ether oxygens (including phenoxy) is 2. The van der Waals surface area contributed by atoms with Gasteiger partial charge in [-0.15, -0.1) is 0 Å². The highest BCUT2D eigenvalue weighted by Gasteiger charge is 2.04. The first kappa shape index (κ1) is 12.4. The Morgan fingerprint density at radius 1 is 1.21 bits per heavy atom. The van der Waals surface area contributed by atoms with E-state index in [0.717, 1.165) is 0 Å². The third-order valence-electron chi connectivity index (χ3n) is 1.17. The molecule has 0 aromatic carbocycles. The van der Waals surface area contributed by atoms with E-state index in [-0.39, 0.29) is 13.2 Å². The van der Waals surface area contributed by atoms with Gasteiger partial charge in [-0.2, -0.15) is 0 Å². The first-order valence-corrected chi connectivity index (χ1v) is 4.32. The number of rotatable bonds is 5. The van der Waals surface area contributed by atoms with E-state index in [1.54, 1.807) is 19.1 Å². The summed E-state index contributed by atoms with van der Waals surface area (Å²) >= 11 is 0. The monoisotopic (exact) mass is 198 g/mol. The van der Waals surface area contributed by atoms with Crippen LogP contribution in [0, 0.1) is 0 Å². The second-order valence-corrected chi connectivity index (χ2v) is 2.30. The van der Waals surface area contributed by atoms with Crippen molar-refractivity contribution in [3.63, 3.8) is 0 Å². The minimum Gasteiger partial charge on any atom is -0.463 e. The standard InChI is InChI=1S/C10H14O4/c1-3-5-6-7-9(11)14-8-10(12)13-4-2/h3,5-7H,4,8H2,1-2H3/b5-3+,7-6+. The predicted molar refractivity (Wildman–Crippen MR) is 51.5 cm³/mol. The molecule has 0 heterocycles. The molecule has 0 rings (SSSR count). The molecule has 0 N–H and O–H groups in total. The van der Waals surface area contributed by atoms with Crippen LogP contribution in [-0.4, -0.2) is 25.2 Å². The summed E-state index contributed by atoms with van der Waals surface area (Å²) < 4.78 is 9.13. The average Bonchev–Trinajstić information content (AvgIpc) is 2.16. The molecule has 0 saturated carbocycles. The van der Waals surface area contributed by atoms with Crippen LogP contribution in [-0.2, 0) is 19.1 Å². The molecule has 0 aromatic heterocycles. The maximum Gasteiger partial charge on any atom is 0.344 e. The highest BCUT2D eigenvalue weighted by molar-refractivity contribution is 5.84. The van der Waals surface area contributed by atoms with Crippen LogP contribution in [0.2, 0.25) is 0 Å². The Labute approximate surface area is 83.2 Å². The summed E-state index contributed by atoms with van der Waals surface area (Å²) in [7, 11) is 0. The van der Waals surface area contributed by atoms with Gasteiger partial charge in [0.2, 0.25) is 0 Å². The van der Waals surface area contributed by atoms with Crippen LogP contribution in [0.15, 0.2) is 24.3 Å². The highest BCUT2D eigenvalue weighted by Crippen LogP contribution is 1.86. The van der Waals surface area contributed by atoms with Crippen LogP contribution in [0.3, 0.4) is 0 Å². The topological polar surface area (TPSA) is 52.6 Å². The van der Waals surface area contributed by atoms with Crippen LogP contribution in [0.5, 0.6) is 0 Å². The largest absolute Gasteiger partial charge is 0.463 e. The minimum atomic E-state index is -0.559. The zero-order chi connectivity index (χ0) is 10.8. The molecule has 0 spiro atoms. The number of hydrogen-bond acceptors (Lipinski definition) is 4. The van der Waals surface area contributed by atoms with Crippen molar-refractivity contribution >= 4 is 11.9 Å². The van der Waals surface area contributed by atoms with Gasteiger partial charge in [-0.3, -0.25) is 0 Å². The van der Waals surface area contributed by atoms with E-state index in [4.69, 9.17) is 0 Å². The van der Waals surface area contributed by atoms with Crippen molar-refractivity contribution < 1.29 is 19.1 Å². The summed E-state index contributed by atoms with van der Waals surface area (Å²) in [6, 6.07) is 0. The van der Waals surface area contributed by atoms with E-state index in [0.29, 0.717) is 0 Å². The van der Waals surface area contributed by atoms with Gasteiger partial charge >= 0.3 is 11.9 Å². The number of carbonyl (C=O) groups is 2. The lowest BCUT2D eigenvalue weighted by Gasteiger charge is -2.00. The maximum atomic E-state index is 10.9. The lowest BCUT2D eigenvalue weighted by atomic mass is 10.4. The van der Waals surface area contributed by atoms with E-state index in [1.807, 2.05) is 6.92 Å². The Hall–Kier alpha value is -1.58. The number of esters is 2. The fourth-order valence-electron chi connectivity index (χ4n) is 0.626. The normalized spacial score (nSPS) is 10.7. The summed E-state index contributed by atoms with van der Waals surface area (Å²) in [4.78, 5) is 21.6. The van der Waals surface area contributed by atoms with E-state index in [1.165, 1.54) is 12.2 Å². The number of allylic oxidation sites excluding steroid dienone is 3. The van der Waals surface area contributed by atoms with Gasteiger partial charge in [-0.05, 0) is 13.8 Å². The highest BCUT2D eigenvalue weighted by atomic mass is 16.6. The van der Waals surface area contributed by atoms with Crippen molar-refractivity contribution in [2.24, 2.45) is 0 Å². The maximum absolute atomic E-state index is 10.9. The van der Waals surface area contributed by atoms with E-state index in [2.05, 4.69) is 9.47 Å². The lowest BCUT2D eigenvalue weighted by Crippen LogP contribution is -2.14. The first-order chi connectivity index (χ1) is 6.70. The van der Waals surface area contributed by atoms with Crippen molar-refractivity contribution in [3.05, 3.63) is 24.3 Å². The van der Waals surface area contributed by atoms with Gasteiger partial charge in [-0.25, -0.2) is 9.59 Å². The molecule has 0 aliphatic carbocycles. The zero-order valence-electron chi connectivity index (χ0n) is 8.36. The summed E-state index contributed by atoms with van der Waals surface area (Å²) in [6.45, 7) is 3.46. The predicted octanol–water partition coefficient (Wildman–Crippen LogP) is 1.22. The fraction of sp³-hybridized carbons (Fsp3) is 0.400.